The summed E-state index contributed by atoms with van der Waals surface area (Å²) < 4.78 is 34.0. The molecule has 438 valence electrons. The third-order valence-electron chi connectivity index (χ3n) is 18.4. The molecule has 6 aliphatic rings. The summed E-state index contributed by atoms with van der Waals surface area (Å²) in [7, 11) is 0.734. The minimum absolute atomic E-state index is 0.161. The molecule has 0 unspecified atom stereocenters. The summed E-state index contributed by atoms with van der Waals surface area (Å²) in [5, 5.41) is 19.6. The van der Waals surface area contributed by atoms with Gasteiger partial charge in [0.15, 0.2) is 11.6 Å². The highest BCUT2D eigenvalue weighted by Gasteiger charge is 2.43. The Bertz CT molecular complexity index is 4100. The van der Waals surface area contributed by atoms with Gasteiger partial charge >= 0.3 is 6.18 Å². The Kier molecular flexibility index (Phi) is 15.8. The molecule has 4 N–H and O–H groups in total. The van der Waals surface area contributed by atoms with Gasteiger partial charge in [0, 0.05) is 109 Å². The molecule has 7 aromatic rings. The van der Waals surface area contributed by atoms with Crippen LogP contribution in [0.4, 0.5) is 41.6 Å². The minimum atomic E-state index is -5.19. The van der Waals surface area contributed by atoms with Crippen LogP contribution in [0.2, 0.25) is 39.3 Å². The average molecular weight is 1190 g/mol. The molecule has 0 amide bonds. The Morgan fingerprint density at radius 1 is 0.612 bits per heavy atom. The standard InChI is InChI=1S/C25H26N2Si.C24H28N2OSi.C18H20N2OSi.C2HF3O2/c1-16-7-5-6-8-19(16)25-20-10-9-18(26)14-23(20)28(3,4)24-15-22-17(13-21(24)25)11-12-27(22)2;1-6-11-26(12-7-2)18-8-9-19-22(15-18)28(4,5)23-16-21-17(10-13-25(21)3)14-20(23)24(19)27;1-20-7-6-11-8-14-17(10-15(11)20)22(2,3)16-9-12(19)4-5-13(16)18(14)21;3-2(4,5)1(6)7/h5-10,13-15,26H,11-12H2,1-4H3;6-9,14-16H,1-2,10-13H2,3-5H3;4-5,8-10H,6-7,19H2,1-3H3;(H,6,7). The van der Waals surface area contributed by atoms with Gasteiger partial charge in [-0.05, 0) is 168 Å². The molecular formula is C69H75F3N6O4Si3. The summed E-state index contributed by atoms with van der Waals surface area (Å²) in [4.78, 5) is 42.0. The zero-order valence-corrected chi connectivity index (χ0v) is 53.4. The smallest absolute Gasteiger partial charge is 0.430 e. The van der Waals surface area contributed by atoms with Gasteiger partial charge in [0.2, 0.25) is 5.36 Å². The fraction of sp³-hybridized carbons (Fsp3) is 0.275. The van der Waals surface area contributed by atoms with Crippen LogP contribution in [0.3, 0.4) is 0 Å². The number of nitrogens with zero attached hydrogens (tertiary/aromatic N) is 4. The maximum atomic E-state index is 13.4. The van der Waals surface area contributed by atoms with E-state index in [1.807, 2.05) is 36.4 Å². The highest BCUT2D eigenvalue weighted by atomic mass is 28.3. The van der Waals surface area contributed by atoms with Crippen molar-refractivity contribution in [1.29, 1.82) is 0 Å². The summed E-state index contributed by atoms with van der Waals surface area (Å²) in [6.45, 7) is 29.0. The van der Waals surface area contributed by atoms with Gasteiger partial charge in [-0.1, -0.05) is 81.8 Å². The van der Waals surface area contributed by atoms with Gasteiger partial charge in [-0.15, -0.1) is 13.2 Å². The van der Waals surface area contributed by atoms with Gasteiger partial charge in [0.1, 0.15) is 43.8 Å². The van der Waals surface area contributed by atoms with Crippen molar-refractivity contribution < 1.29 is 32.7 Å². The van der Waals surface area contributed by atoms with E-state index in [1.165, 1.54) is 92.0 Å². The lowest BCUT2D eigenvalue weighted by Gasteiger charge is -2.35. The molecule has 6 heterocycles. The molecule has 16 heteroatoms. The number of hydrogen-bond acceptors (Lipinski definition) is 9. The topological polar surface area (TPSA) is 139 Å². The molecule has 6 aliphatic heterocycles. The third kappa shape index (κ3) is 10.7. The number of nitrogen functional groups attached to an aromatic ring is 2. The predicted molar refractivity (Wildman–Crippen MR) is 350 cm³/mol. The van der Waals surface area contributed by atoms with Crippen molar-refractivity contribution in [3.63, 3.8) is 0 Å². The molecule has 85 heavy (non-hydrogen) atoms. The average Bonchev–Trinajstić information content (AvgIpc) is 1.74. The summed E-state index contributed by atoms with van der Waals surface area (Å²) >= 11 is 0. The maximum absolute atomic E-state index is 13.4. The molecule has 0 radical (unpaired) electrons. The van der Waals surface area contributed by atoms with E-state index in [2.05, 4.69) is 191 Å². The molecule has 13 rings (SSSR count). The van der Waals surface area contributed by atoms with Gasteiger partial charge in [-0.3, -0.25) is 9.59 Å². The van der Waals surface area contributed by atoms with E-state index in [0.29, 0.717) is 0 Å². The number of anilines is 5. The van der Waals surface area contributed by atoms with E-state index >= 15 is 0 Å². The molecular weight excluding hydrogens is 1120 g/mol. The van der Waals surface area contributed by atoms with Crippen LogP contribution < -0.4 is 77.5 Å². The van der Waals surface area contributed by atoms with Crippen molar-refractivity contribution in [2.24, 2.45) is 0 Å². The number of hydrogen-bond donors (Lipinski definition) is 2. The lowest BCUT2D eigenvalue weighted by Crippen LogP contribution is -2.63. The molecule has 0 saturated heterocycles. The summed E-state index contributed by atoms with van der Waals surface area (Å²) in [6, 6.07) is 41.3. The molecule has 0 aromatic heterocycles. The number of benzene rings is 7. The van der Waals surface area contributed by atoms with Gasteiger partial charge < -0.3 is 36.1 Å². The summed E-state index contributed by atoms with van der Waals surface area (Å²) in [5.41, 5.74) is 30.7. The van der Waals surface area contributed by atoms with Crippen LogP contribution in [0.15, 0.2) is 141 Å². The normalized spacial score (nSPS) is 16.4. The Morgan fingerprint density at radius 2 is 1.07 bits per heavy atom. The molecule has 10 nitrogen and oxygen atoms in total. The van der Waals surface area contributed by atoms with Crippen molar-refractivity contribution in [3.8, 4) is 0 Å². The highest BCUT2D eigenvalue weighted by molar-refractivity contribution is 7.03. The van der Waals surface area contributed by atoms with Crippen LogP contribution in [0.25, 0.3) is 5.57 Å². The number of carboxylic acids is 1. The van der Waals surface area contributed by atoms with E-state index in [-0.39, 0.29) is 11.6 Å². The number of aryl methyl sites for hydroxylation is 1. The van der Waals surface area contributed by atoms with E-state index in [1.54, 1.807) is 0 Å². The number of rotatable bonds is 6. The first kappa shape index (κ1) is 60.1. The second-order valence-electron chi connectivity index (χ2n) is 24.9. The second kappa shape index (κ2) is 22.4. The zero-order valence-electron chi connectivity index (χ0n) is 50.4. The first-order valence-electron chi connectivity index (χ1n) is 29.0. The first-order chi connectivity index (χ1) is 40.1. The SMILES string of the molecule is C=CCN(CC=C)c1ccc2c(c1)[Si](C)(C)c1cc3c(cc1C2=O)CCN3C.CN1CCc2cc3c(cc21)[Si](C)(C)c1cc(N)ccc1C3=O.Cc1ccccc1C1=c2cc3c(cc2[Si](C)(C)c2cc(N)ccc21)=[N+](C)CC3.O=C([O-])C(F)(F)F. The van der Waals surface area contributed by atoms with Crippen LogP contribution in [0, 0.1) is 6.92 Å². The molecule has 0 bridgehead atoms. The second-order valence-corrected chi connectivity index (χ2v) is 37.9. The number of alkyl halides is 3. The molecule has 0 aliphatic carbocycles. The fourth-order valence-electron chi connectivity index (χ4n) is 13.6. The largest absolute Gasteiger partial charge is 0.542 e. The van der Waals surface area contributed by atoms with Crippen LogP contribution in [-0.4, -0.2) is 102 Å². The molecule has 7 aromatic carbocycles. The number of fused-ring (bicyclic) bond motifs is 9. The number of likely N-dealkylation sites (N-methyl/N-ethyl adjacent to an activating group) is 3. The van der Waals surface area contributed by atoms with Crippen LogP contribution in [0.1, 0.15) is 65.2 Å². The molecule has 0 fully saturated rings. The first-order valence-corrected chi connectivity index (χ1v) is 38.0. The zero-order chi connectivity index (χ0) is 61.4. The lowest BCUT2D eigenvalue weighted by atomic mass is 9.91. The molecule has 0 atom stereocenters. The molecule has 0 spiro atoms. The number of carbonyl (C=O) groups is 3. The summed E-state index contributed by atoms with van der Waals surface area (Å²) in [6.07, 6.45) is 1.81. The predicted octanol–water partition coefficient (Wildman–Crippen LogP) is 5.79. The Labute approximate surface area is 500 Å². The van der Waals surface area contributed by atoms with Crippen molar-refractivity contribution >= 4 is 107 Å². The maximum Gasteiger partial charge on any atom is 0.430 e. The molecule has 0 saturated carbocycles. The van der Waals surface area contributed by atoms with Gasteiger partial charge in [0.25, 0.3) is 0 Å². The van der Waals surface area contributed by atoms with E-state index in [0.717, 1.165) is 91.3 Å². The van der Waals surface area contributed by atoms with E-state index in [9.17, 15) is 22.8 Å². The van der Waals surface area contributed by atoms with Gasteiger partial charge in [-0.25, -0.2) is 4.58 Å². The quantitative estimate of drug-likeness (QED) is 0.0918. The van der Waals surface area contributed by atoms with Crippen molar-refractivity contribution in [1.82, 2.24) is 4.58 Å². The number of halogens is 3. The van der Waals surface area contributed by atoms with Crippen LogP contribution in [-0.2, 0) is 24.1 Å². The van der Waals surface area contributed by atoms with Gasteiger partial charge in [0.05, 0.1) is 0 Å². The van der Waals surface area contributed by atoms with Crippen LogP contribution in [0.5, 0.6) is 0 Å². The Balaban J connectivity index is 0.000000135. The highest BCUT2D eigenvalue weighted by Crippen LogP contribution is 2.34. The number of ketones is 2. The number of carboxylic acid groups (broad SMARTS) is 1. The van der Waals surface area contributed by atoms with Gasteiger partial charge in [-0.2, -0.15) is 13.2 Å². The number of nitrogens with two attached hydrogens (primary N) is 2. The van der Waals surface area contributed by atoms with Crippen molar-refractivity contribution in [3.05, 3.63) is 207 Å². The number of carbonyl (C=O) groups excluding carboxylic acids is 3. The third-order valence-corrected chi connectivity index (χ3v) is 29.0. The van der Waals surface area contributed by atoms with Crippen molar-refractivity contribution in [2.45, 2.75) is 71.6 Å². The monoisotopic (exact) mass is 1190 g/mol. The van der Waals surface area contributed by atoms with Crippen molar-refractivity contribution in [2.75, 3.05) is 80.0 Å². The van der Waals surface area contributed by atoms with E-state index in [4.69, 9.17) is 21.4 Å². The summed E-state index contributed by atoms with van der Waals surface area (Å²) in [5.74, 6) is -2.67. The van der Waals surface area contributed by atoms with Crippen LogP contribution >= 0.6 is 0 Å². The Morgan fingerprint density at radius 3 is 1.58 bits per heavy atom. The van der Waals surface area contributed by atoms with E-state index < -0.39 is 36.4 Å². The minimum Gasteiger partial charge on any atom is -0.542 e. The fourth-order valence-corrected chi connectivity index (χ4v) is 22.7. The lowest BCUT2D eigenvalue weighted by molar-refractivity contribution is -0.344. The number of aliphatic carboxylic acids is 1. The Hall–Kier alpha value is -8.06.